The fourth-order valence-electron chi connectivity index (χ4n) is 1.21. The molecule has 0 atom stereocenters. The van der Waals surface area contributed by atoms with E-state index in [4.69, 9.17) is 5.26 Å². The van der Waals surface area contributed by atoms with Crippen LogP contribution >= 0.6 is 15.9 Å². The Bertz CT molecular complexity index is 443. The van der Waals surface area contributed by atoms with Crippen molar-refractivity contribution in [2.24, 2.45) is 4.99 Å². The maximum absolute atomic E-state index is 8.71. The van der Waals surface area contributed by atoms with Crippen LogP contribution in [0, 0.1) is 11.3 Å². The van der Waals surface area contributed by atoms with Gasteiger partial charge in [-0.3, -0.25) is 0 Å². The van der Waals surface area contributed by atoms with Gasteiger partial charge in [-0.25, -0.2) is 10.3 Å². The van der Waals surface area contributed by atoms with Gasteiger partial charge in [0.25, 0.3) is 0 Å². The predicted molar refractivity (Wildman–Crippen MR) is 53.4 cm³/mol. The summed E-state index contributed by atoms with van der Waals surface area (Å²) < 4.78 is 0.821. The molecule has 0 amide bonds. The van der Waals surface area contributed by atoms with Gasteiger partial charge in [0.2, 0.25) is 0 Å². The molecule has 3 nitrogen and oxygen atoms in total. The smallest absolute Gasteiger partial charge is 0.126 e. The fourth-order valence-corrected chi connectivity index (χ4v) is 1.74. The van der Waals surface area contributed by atoms with Gasteiger partial charge < -0.3 is 0 Å². The van der Waals surface area contributed by atoms with Crippen LogP contribution in [0.4, 0.5) is 11.4 Å². The van der Waals surface area contributed by atoms with Gasteiger partial charge in [0, 0.05) is 4.47 Å². The number of nitrogens with zero attached hydrogens (tertiary/aromatic N) is 3. The molecule has 1 heterocycles. The second kappa shape index (κ2) is 2.86. The zero-order valence-electron chi connectivity index (χ0n) is 6.87. The SMILES string of the molecule is CC1=Nc2cc(C#N)cc(Br)c2[N]1. The van der Waals surface area contributed by atoms with E-state index in [0.717, 1.165) is 21.7 Å². The minimum absolute atomic E-state index is 0.597. The Balaban J connectivity index is 2.62. The first-order chi connectivity index (χ1) is 6.20. The van der Waals surface area contributed by atoms with E-state index in [1.54, 1.807) is 12.1 Å². The fraction of sp³-hybridized carbons (Fsp3) is 0.111. The number of hydrogen-bond acceptors (Lipinski definition) is 2. The van der Waals surface area contributed by atoms with Gasteiger partial charge in [-0.05, 0) is 35.0 Å². The summed E-state index contributed by atoms with van der Waals surface area (Å²) in [6, 6.07) is 5.55. The zero-order chi connectivity index (χ0) is 9.42. The van der Waals surface area contributed by atoms with Gasteiger partial charge >= 0.3 is 0 Å². The molecule has 13 heavy (non-hydrogen) atoms. The molecular formula is C9H5BrN3. The lowest BCUT2D eigenvalue weighted by atomic mass is 10.2. The molecule has 0 bridgehead atoms. The van der Waals surface area contributed by atoms with Crippen LogP contribution in [-0.2, 0) is 0 Å². The van der Waals surface area contributed by atoms with E-state index in [0.29, 0.717) is 5.56 Å². The molecule has 0 saturated carbocycles. The summed E-state index contributed by atoms with van der Waals surface area (Å²) in [4.78, 5) is 4.19. The molecule has 1 radical (unpaired) electrons. The average molecular weight is 235 g/mol. The molecule has 1 aromatic rings. The number of hydrogen-bond donors (Lipinski definition) is 0. The van der Waals surface area contributed by atoms with Crippen LogP contribution in [-0.4, -0.2) is 5.84 Å². The molecule has 0 saturated heterocycles. The third-order valence-corrected chi connectivity index (χ3v) is 2.33. The van der Waals surface area contributed by atoms with Gasteiger partial charge in [0.1, 0.15) is 11.5 Å². The first-order valence-electron chi connectivity index (χ1n) is 3.71. The quantitative estimate of drug-likeness (QED) is 0.681. The van der Waals surface area contributed by atoms with Crippen molar-refractivity contribution in [3.8, 4) is 6.07 Å². The number of amidine groups is 1. The lowest BCUT2D eigenvalue weighted by Gasteiger charge is -1.99. The normalized spacial score (nSPS) is 12.8. The summed E-state index contributed by atoms with van der Waals surface area (Å²) in [5.74, 6) is 0.728. The summed E-state index contributed by atoms with van der Waals surface area (Å²) in [6.45, 7) is 1.83. The Morgan fingerprint density at radius 1 is 1.46 bits per heavy atom. The molecule has 1 aliphatic rings. The topological polar surface area (TPSA) is 50.2 Å². The molecule has 0 spiro atoms. The number of aliphatic imine (C=N–C) groups is 1. The molecule has 0 aliphatic carbocycles. The third-order valence-electron chi connectivity index (χ3n) is 1.73. The Labute approximate surface area is 84.2 Å². The van der Waals surface area contributed by atoms with Gasteiger partial charge in [-0.15, -0.1) is 0 Å². The largest absolute Gasteiger partial charge is 0.232 e. The predicted octanol–water partition coefficient (Wildman–Crippen LogP) is 2.62. The Morgan fingerprint density at radius 3 is 2.92 bits per heavy atom. The highest BCUT2D eigenvalue weighted by molar-refractivity contribution is 9.10. The van der Waals surface area contributed by atoms with Crippen molar-refractivity contribution < 1.29 is 0 Å². The number of fused-ring (bicyclic) bond motifs is 1. The first kappa shape index (κ1) is 8.27. The maximum atomic E-state index is 8.71. The Morgan fingerprint density at radius 2 is 2.23 bits per heavy atom. The van der Waals surface area contributed by atoms with Crippen molar-refractivity contribution in [2.45, 2.75) is 6.92 Å². The van der Waals surface area contributed by atoms with E-state index in [1.807, 2.05) is 6.92 Å². The van der Waals surface area contributed by atoms with Crippen LogP contribution < -0.4 is 5.32 Å². The maximum Gasteiger partial charge on any atom is 0.126 e. The molecule has 1 aromatic carbocycles. The van der Waals surface area contributed by atoms with E-state index in [9.17, 15) is 0 Å². The van der Waals surface area contributed by atoms with Crippen molar-refractivity contribution in [1.82, 2.24) is 5.32 Å². The van der Waals surface area contributed by atoms with E-state index in [2.05, 4.69) is 32.3 Å². The van der Waals surface area contributed by atoms with Gasteiger partial charge in [0.15, 0.2) is 0 Å². The third kappa shape index (κ3) is 1.31. The van der Waals surface area contributed by atoms with Gasteiger partial charge in [-0.2, -0.15) is 5.26 Å². The second-order valence-corrected chi connectivity index (χ2v) is 3.56. The highest BCUT2D eigenvalue weighted by Crippen LogP contribution is 2.37. The van der Waals surface area contributed by atoms with E-state index >= 15 is 0 Å². The van der Waals surface area contributed by atoms with Crippen LogP contribution in [0.15, 0.2) is 21.6 Å². The van der Waals surface area contributed by atoms with Crippen LogP contribution in [0.1, 0.15) is 12.5 Å². The second-order valence-electron chi connectivity index (χ2n) is 2.71. The zero-order valence-corrected chi connectivity index (χ0v) is 8.46. The van der Waals surface area contributed by atoms with Crippen LogP contribution in [0.25, 0.3) is 0 Å². The van der Waals surface area contributed by atoms with Crippen molar-refractivity contribution in [2.75, 3.05) is 0 Å². The summed E-state index contributed by atoms with van der Waals surface area (Å²) in [7, 11) is 0. The van der Waals surface area contributed by atoms with E-state index in [-0.39, 0.29) is 0 Å². The molecular weight excluding hydrogens is 230 g/mol. The van der Waals surface area contributed by atoms with E-state index in [1.165, 1.54) is 0 Å². The number of halogens is 1. The molecule has 4 heteroatoms. The van der Waals surface area contributed by atoms with E-state index < -0.39 is 0 Å². The number of rotatable bonds is 0. The van der Waals surface area contributed by atoms with Crippen LogP contribution in [0.3, 0.4) is 0 Å². The minimum Gasteiger partial charge on any atom is -0.232 e. The number of nitriles is 1. The van der Waals surface area contributed by atoms with Crippen molar-refractivity contribution in [3.05, 3.63) is 22.2 Å². The van der Waals surface area contributed by atoms with Crippen LogP contribution in [0.5, 0.6) is 0 Å². The molecule has 1 aliphatic heterocycles. The molecule has 0 unspecified atom stereocenters. The summed E-state index contributed by atoms with van der Waals surface area (Å²) in [5.41, 5.74) is 2.18. The number of benzene rings is 1. The summed E-state index contributed by atoms with van der Waals surface area (Å²) in [5, 5.41) is 12.9. The minimum atomic E-state index is 0.597. The Hall–Kier alpha value is -1.34. The average Bonchev–Trinajstić information content (AvgIpc) is 2.46. The van der Waals surface area contributed by atoms with Crippen molar-refractivity contribution >= 4 is 33.1 Å². The Kier molecular flexibility index (Phi) is 1.82. The summed E-state index contributed by atoms with van der Waals surface area (Å²) >= 11 is 3.35. The van der Waals surface area contributed by atoms with Gasteiger partial charge in [0.05, 0.1) is 17.3 Å². The monoisotopic (exact) mass is 234 g/mol. The lowest BCUT2D eigenvalue weighted by molar-refractivity contribution is 1.28. The highest BCUT2D eigenvalue weighted by atomic mass is 79.9. The molecule has 0 fully saturated rings. The summed E-state index contributed by atoms with van der Waals surface area (Å²) in [6.07, 6.45) is 0. The molecule has 63 valence electrons. The van der Waals surface area contributed by atoms with Crippen molar-refractivity contribution in [3.63, 3.8) is 0 Å². The molecule has 2 rings (SSSR count). The molecule has 0 N–H and O–H groups in total. The van der Waals surface area contributed by atoms with Crippen LogP contribution in [0.2, 0.25) is 0 Å². The first-order valence-corrected chi connectivity index (χ1v) is 4.50. The molecule has 0 aromatic heterocycles. The van der Waals surface area contributed by atoms with Crippen molar-refractivity contribution in [1.29, 1.82) is 5.26 Å². The standard InChI is InChI=1S/C9H5BrN3/c1-5-12-8-3-6(4-11)2-7(10)9(8)13-5/h2-3H,1H3. The lowest BCUT2D eigenvalue weighted by Crippen LogP contribution is -1.99. The van der Waals surface area contributed by atoms with Gasteiger partial charge in [-0.1, -0.05) is 0 Å². The highest BCUT2D eigenvalue weighted by Gasteiger charge is 2.16.